The van der Waals surface area contributed by atoms with E-state index in [2.05, 4.69) is 30.6 Å². The number of rotatable bonds is 9. The van der Waals surface area contributed by atoms with Gasteiger partial charge in [-0.2, -0.15) is 13.2 Å². The second kappa shape index (κ2) is 10.6. The lowest BCUT2D eigenvalue weighted by Gasteiger charge is -2.26. The van der Waals surface area contributed by atoms with Crippen molar-refractivity contribution in [3.63, 3.8) is 0 Å². The van der Waals surface area contributed by atoms with Gasteiger partial charge in [0.25, 0.3) is 15.9 Å². The van der Waals surface area contributed by atoms with Gasteiger partial charge in [-0.05, 0) is 60.9 Å². The molecule has 8 nitrogen and oxygen atoms in total. The van der Waals surface area contributed by atoms with E-state index in [1.54, 1.807) is 42.6 Å². The van der Waals surface area contributed by atoms with Crippen molar-refractivity contribution in [1.29, 1.82) is 0 Å². The number of hydrogen-bond donors (Lipinski definition) is 1. The number of hydrogen-bond acceptors (Lipinski definition) is 6. The predicted octanol–water partition coefficient (Wildman–Crippen LogP) is 5.02. The molecule has 0 spiro atoms. The molecule has 41 heavy (non-hydrogen) atoms. The van der Waals surface area contributed by atoms with Crippen LogP contribution in [0.1, 0.15) is 56.8 Å². The molecule has 0 unspecified atom stereocenters. The highest BCUT2D eigenvalue weighted by Gasteiger charge is 2.62. The number of benzene rings is 1. The lowest BCUT2D eigenvalue weighted by atomic mass is 10.0. The molecule has 0 bridgehead atoms. The smallest absolute Gasteiger partial charge is 0.394 e. The number of pyridine rings is 1. The number of ether oxygens (including phenoxy) is 1. The first kappa shape index (κ1) is 29.3. The Bertz CT molecular complexity index is 1540. The maximum atomic E-state index is 13.4. The van der Waals surface area contributed by atoms with E-state index < -0.39 is 36.3 Å². The number of nitrogens with one attached hydrogen (secondary N) is 1. The first-order chi connectivity index (χ1) is 19.2. The SMILES string of the molecule is C[C@@H]1C[Si](c2nc(-n3ccc(OCCC4(C(F)(F)F)CC4)n3)ccc2C(=O)NS(=O)(=O)c2ccccc2)C(C)(C)C1. The van der Waals surface area contributed by atoms with Crippen molar-refractivity contribution >= 4 is 30.0 Å². The van der Waals surface area contributed by atoms with Crippen LogP contribution in [0.5, 0.6) is 5.88 Å². The lowest BCUT2D eigenvalue weighted by molar-refractivity contribution is -0.190. The second-order valence-electron chi connectivity index (χ2n) is 11.7. The molecular formula is C28H32F3N4O4SSi. The quantitative estimate of drug-likeness (QED) is 0.344. The Balaban J connectivity index is 1.40. The van der Waals surface area contributed by atoms with Gasteiger partial charge in [-0.1, -0.05) is 45.0 Å². The molecule has 219 valence electrons. The third-order valence-corrected chi connectivity index (χ3v) is 13.2. The van der Waals surface area contributed by atoms with Gasteiger partial charge >= 0.3 is 6.18 Å². The minimum absolute atomic E-state index is 0.0183. The van der Waals surface area contributed by atoms with Crippen LogP contribution in [0.4, 0.5) is 13.2 Å². The second-order valence-corrected chi connectivity index (χ2v) is 16.5. The summed E-state index contributed by atoms with van der Waals surface area (Å²) in [5, 5.41) is 4.81. The maximum Gasteiger partial charge on any atom is 0.394 e. The molecule has 1 radical (unpaired) electrons. The third-order valence-electron chi connectivity index (χ3n) is 8.00. The molecule has 1 saturated heterocycles. The molecule has 2 aliphatic rings. The van der Waals surface area contributed by atoms with E-state index in [0.717, 1.165) is 12.5 Å². The van der Waals surface area contributed by atoms with E-state index in [1.807, 2.05) is 0 Å². The molecule has 3 heterocycles. The molecule has 2 fully saturated rings. The standard InChI is InChI=1S/C28H32F3N4O4SSi/c1-19-17-26(2,3)41(18-19)25-21(24(36)34-40(37,38)20-7-5-4-6-8-20)9-10-22(32-25)35-15-11-23(33-35)39-16-14-27(12-13-27)28(29,30)31/h4-11,15,19H,12-14,16-18H2,1-3H3,(H,34,36)/t19-/m0/s1. The summed E-state index contributed by atoms with van der Waals surface area (Å²) in [6.45, 7) is 6.35. The number of nitrogens with zero attached hydrogens (tertiary/aromatic N) is 3. The Morgan fingerprint density at radius 2 is 1.85 bits per heavy atom. The van der Waals surface area contributed by atoms with Crippen LogP contribution < -0.4 is 14.8 Å². The summed E-state index contributed by atoms with van der Waals surface area (Å²) in [6.07, 6.45) is -1.58. The Morgan fingerprint density at radius 3 is 2.46 bits per heavy atom. The van der Waals surface area contributed by atoms with Crippen molar-refractivity contribution in [2.45, 2.75) is 68.6 Å². The molecular weight excluding hydrogens is 573 g/mol. The van der Waals surface area contributed by atoms with E-state index in [1.165, 1.54) is 16.8 Å². The molecule has 5 rings (SSSR count). The molecule has 1 N–H and O–H groups in total. The minimum Gasteiger partial charge on any atom is -0.477 e. The monoisotopic (exact) mass is 605 g/mol. The normalized spacial score (nSPS) is 20.1. The summed E-state index contributed by atoms with van der Waals surface area (Å²) < 4.78 is 74.6. The fraction of sp³-hybridized carbons (Fsp3) is 0.464. The summed E-state index contributed by atoms with van der Waals surface area (Å²) in [4.78, 5) is 18.2. The van der Waals surface area contributed by atoms with Crippen LogP contribution in [-0.2, 0) is 10.0 Å². The zero-order valence-electron chi connectivity index (χ0n) is 23.0. The number of amides is 1. The van der Waals surface area contributed by atoms with E-state index in [-0.39, 0.29) is 47.2 Å². The summed E-state index contributed by atoms with van der Waals surface area (Å²) >= 11 is 0. The third kappa shape index (κ3) is 6.06. The molecule has 1 amide bonds. The Labute approximate surface area is 239 Å². The number of halogens is 3. The van der Waals surface area contributed by atoms with Crippen molar-refractivity contribution in [1.82, 2.24) is 19.5 Å². The van der Waals surface area contributed by atoms with Gasteiger partial charge < -0.3 is 4.74 Å². The van der Waals surface area contributed by atoms with Gasteiger partial charge in [0, 0.05) is 17.6 Å². The number of sulfonamides is 1. The van der Waals surface area contributed by atoms with Crippen molar-refractivity contribution in [2.24, 2.45) is 11.3 Å². The van der Waals surface area contributed by atoms with Crippen LogP contribution in [0.2, 0.25) is 11.1 Å². The van der Waals surface area contributed by atoms with Crippen molar-refractivity contribution < 1.29 is 31.1 Å². The Kier molecular flexibility index (Phi) is 7.56. The average Bonchev–Trinajstić information content (AvgIpc) is 3.47. The van der Waals surface area contributed by atoms with E-state index in [4.69, 9.17) is 9.72 Å². The van der Waals surface area contributed by atoms with Gasteiger partial charge in [0.1, 0.15) is 8.80 Å². The van der Waals surface area contributed by atoms with Gasteiger partial charge in [0.05, 0.1) is 22.5 Å². The maximum absolute atomic E-state index is 13.4. The Morgan fingerprint density at radius 1 is 1.15 bits per heavy atom. The molecule has 1 saturated carbocycles. The molecule has 1 aromatic carbocycles. The summed E-state index contributed by atoms with van der Waals surface area (Å²) in [7, 11) is -5.50. The highest BCUT2D eigenvalue weighted by Crippen LogP contribution is 2.59. The van der Waals surface area contributed by atoms with Gasteiger partial charge in [0.15, 0.2) is 5.82 Å². The van der Waals surface area contributed by atoms with Crippen molar-refractivity contribution in [3.05, 3.63) is 60.3 Å². The number of alkyl halides is 3. The first-order valence-corrected chi connectivity index (χ1v) is 16.7. The molecule has 1 aliphatic heterocycles. The van der Waals surface area contributed by atoms with Crippen LogP contribution in [0.15, 0.2) is 59.6 Å². The topological polar surface area (TPSA) is 103 Å². The van der Waals surface area contributed by atoms with Crippen LogP contribution in [-0.4, -0.2) is 50.7 Å². The van der Waals surface area contributed by atoms with Crippen LogP contribution in [0, 0.1) is 11.3 Å². The lowest BCUT2D eigenvalue weighted by Crippen LogP contribution is -2.44. The van der Waals surface area contributed by atoms with E-state index in [9.17, 15) is 26.4 Å². The fourth-order valence-corrected chi connectivity index (χ4v) is 10.2. The molecule has 1 aliphatic carbocycles. The minimum atomic E-state index is -4.24. The van der Waals surface area contributed by atoms with Crippen LogP contribution in [0.25, 0.3) is 5.82 Å². The van der Waals surface area contributed by atoms with Gasteiger partial charge in [-0.15, -0.1) is 5.10 Å². The fourth-order valence-electron chi connectivity index (χ4n) is 5.62. The van der Waals surface area contributed by atoms with Gasteiger partial charge in [-0.3, -0.25) is 4.79 Å². The van der Waals surface area contributed by atoms with Crippen LogP contribution >= 0.6 is 0 Å². The molecule has 2 aromatic heterocycles. The Hall–Kier alpha value is -3.19. The van der Waals surface area contributed by atoms with Gasteiger partial charge in [0.2, 0.25) is 5.88 Å². The zero-order valence-corrected chi connectivity index (χ0v) is 24.8. The van der Waals surface area contributed by atoms with E-state index in [0.29, 0.717) is 17.1 Å². The van der Waals surface area contributed by atoms with Crippen molar-refractivity contribution in [3.8, 4) is 11.7 Å². The number of carbonyl (C=O) groups is 1. The summed E-state index contributed by atoms with van der Waals surface area (Å²) in [5.74, 6) is 0.244. The van der Waals surface area contributed by atoms with Gasteiger partial charge in [-0.25, -0.2) is 22.8 Å². The highest BCUT2D eigenvalue weighted by atomic mass is 32.2. The van der Waals surface area contributed by atoms with Crippen LogP contribution in [0.3, 0.4) is 0 Å². The number of carbonyl (C=O) groups excluding carboxylic acids is 1. The summed E-state index contributed by atoms with van der Waals surface area (Å²) in [5.41, 5.74) is -1.44. The zero-order chi connectivity index (χ0) is 29.6. The summed E-state index contributed by atoms with van der Waals surface area (Å²) in [6, 6.07) is 13.2. The molecule has 1 atom stereocenters. The largest absolute Gasteiger partial charge is 0.477 e. The van der Waals surface area contributed by atoms with E-state index >= 15 is 0 Å². The number of aromatic nitrogens is 3. The van der Waals surface area contributed by atoms with Crippen molar-refractivity contribution in [2.75, 3.05) is 6.61 Å². The molecule has 13 heteroatoms. The highest BCUT2D eigenvalue weighted by molar-refractivity contribution is 7.90. The first-order valence-electron chi connectivity index (χ1n) is 13.5. The average molecular weight is 606 g/mol. The molecule has 3 aromatic rings. The predicted molar refractivity (Wildman–Crippen MR) is 148 cm³/mol.